The molecule has 3 N–H and O–H groups in total. The second-order valence-electron chi connectivity index (χ2n) is 6.73. The number of aromatic nitrogens is 3. The molecule has 8 nitrogen and oxygen atoms in total. The maximum absolute atomic E-state index is 12.5. The molecule has 0 aliphatic rings. The number of aryl methyl sites for hydroxylation is 1. The highest BCUT2D eigenvalue weighted by molar-refractivity contribution is 6.31. The molecular formula is C20H18ClF3N6O2. The Morgan fingerprint density at radius 1 is 1.12 bits per heavy atom. The highest BCUT2D eigenvalue weighted by Crippen LogP contribution is 2.24. The second kappa shape index (κ2) is 9.69. The molecule has 0 fully saturated rings. The minimum absolute atomic E-state index is 0.0334. The van der Waals surface area contributed by atoms with E-state index in [-0.39, 0.29) is 12.1 Å². The first-order valence-corrected chi connectivity index (χ1v) is 9.64. The summed E-state index contributed by atoms with van der Waals surface area (Å²) in [5, 5.41) is 11.9. The van der Waals surface area contributed by atoms with Crippen molar-refractivity contribution in [2.24, 2.45) is 0 Å². The normalized spacial score (nSPS) is 11.2. The number of carbonyl (C=O) groups is 2. The summed E-state index contributed by atoms with van der Waals surface area (Å²) in [4.78, 5) is 28.3. The van der Waals surface area contributed by atoms with Gasteiger partial charge in [0.05, 0.1) is 17.9 Å². The molecule has 0 radical (unpaired) electrons. The fourth-order valence-corrected chi connectivity index (χ4v) is 2.92. The van der Waals surface area contributed by atoms with Crippen molar-refractivity contribution >= 4 is 34.8 Å². The van der Waals surface area contributed by atoms with E-state index < -0.39 is 24.5 Å². The molecule has 0 unspecified atom stereocenters. The van der Waals surface area contributed by atoms with Gasteiger partial charge in [0.25, 0.3) is 5.91 Å². The van der Waals surface area contributed by atoms with E-state index in [2.05, 4.69) is 20.7 Å². The average Bonchev–Trinajstić information content (AvgIpc) is 3.25. The SMILES string of the molecule is Cc1ccc(C(=O)NCC(F)(F)F)cc1NCC(=O)Nc1cc(Cl)ccc1-n1cncn1. The third kappa shape index (κ3) is 6.20. The van der Waals surface area contributed by atoms with Crippen molar-refractivity contribution in [1.82, 2.24) is 20.1 Å². The van der Waals surface area contributed by atoms with Gasteiger partial charge in [-0.25, -0.2) is 9.67 Å². The van der Waals surface area contributed by atoms with Gasteiger partial charge in [0.2, 0.25) is 5.91 Å². The Kier molecular flexibility index (Phi) is 6.98. The van der Waals surface area contributed by atoms with Gasteiger partial charge in [0, 0.05) is 16.3 Å². The third-order valence-electron chi connectivity index (χ3n) is 4.29. The van der Waals surface area contributed by atoms with Crippen molar-refractivity contribution in [3.63, 3.8) is 0 Å². The first-order chi connectivity index (χ1) is 15.1. The summed E-state index contributed by atoms with van der Waals surface area (Å²) in [5.41, 5.74) is 2.14. The van der Waals surface area contributed by atoms with E-state index in [0.29, 0.717) is 27.6 Å². The lowest BCUT2D eigenvalue weighted by molar-refractivity contribution is -0.123. The highest BCUT2D eigenvalue weighted by Gasteiger charge is 2.28. The van der Waals surface area contributed by atoms with Crippen LogP contribution in [0.25, 0.3) is 5.69 Å². The molecule has 168 valence electrons. The smallest absolute Gasteiger partial charge is 0.376 e. The van der Waals surface area contributed by atoms with E-state index in [1.807, 2.05) is 5.32 Å². The zero-order valence-electron chi connectivity index (χ0n) is 16.7. The minimum atomic E-state index is -4.51. The van der Waals surface area contributed by atoms with Crippen molar-refractivity contribution < 1.29 is 22.8 Å². The van der Waals surface area contributed by atoms with Gasteiger partial charge in [-0.15, -0.1) is 0 Å². The molecule has 0 aliphatic carbocycles. The van der Waals surface area contributed by atoms with Gasteiger partial charge >= 0.3 is 6.18 Å². The molecule has 0 saturated heterocycles. The van der Waals surface area contributed by atoms with Gasteiger partial charge in [-0.2, -0.15) is 18.3 Å². The molecule has 0 aliphatic heterocycles. The molecule has 0 bridgehead atoms. The number of amides is 2. The lowest BCUT2D eigenvalue weighted by atomic mass is 10.1. The largest absolute Gasteiger partial charge is 0.405 e. The lowest BCUT2D eigenvalue weighted by Gasteiger charge is -2.14. The predicted molar refractivity (Wildman–Crippen MR) is 113 cm³/mol. The molecule has 0 saturated carbocycles. The van der Waals surface area contributed by atoms with Crippen LogP contribution in [0.2, 0.25) is 5.02 Å². The first kappa shape index (κ1) is 23.1. The van der Waals surface area contributed by atoms with Gasteiger partial charge in [-0.1, -0.05) is 17.7 Å². The topological polar surface area (TPSA) is 101 Å². The molecule has 32 heavy (non-hydrogen) atoms. The standard InChI is InChI=1S/C20H18ClF3N6O2/c1-12-2-3-13(19(32)27-9-20(22,23)24)6-15(12)26-8-18(31)29-16-7-14(21)4-5-17(16)30-11-25-10-28-30/h2-7,10-11,26H,8-9H2,1H3,(H,27,32)(H,29,31). The maximum atomic E-state index is 12.5. The van der Waals surface area contributed by atoms with Crippen LogP contribution in [0.15, 0.2) is 49.1 Å². The highest BCUT2D eigenvalue weighted by atomic mass is 35.5. The number of hydrogen-bond donors (Lipinski definition) is 3. The number of nitrogens with one attached hydrogen (secondary N) is 3. The second-order valence-corrected chi connectivity index (χ2v) is 7.17. The van der Waals surface area contributed by atoms with Crippen molar-refractivity contribution in [3.8, 4) is 5.69 Å². The Bertz CT molecular complexity index is 1120. The summed E-state index contributed by atoms with van der Waals surface area (Å²) in [5.74, 6) is -1.29. The fraction of sp³-hybridized carbons (Fsp3) is 0.200. The van der Waals surface area contributed by atoms with Crippen LogP contribution in [0.3, 0.4) is 0 Å². The maximum Gasteiger partial charge on any atom is 0.405 e. The lowest BCUT2D eigenvalue weighted by Crippen LogP contribution is -2.33. The molecule has 2 aromatic carbocycles. The first-order valence-electron chi connectivity index (χ1n) is 9.26. The van der Waals surface area contributed by atoms with Gasteiger partial charge in [-0.05, 0) is 42.8 Å². The fourth-order valence-electron chi connectivity index (χ4n) is 2.75. The minimum Gasteiger partial charge on any atom is -0.376 e. The Labute approximate surface area is 185 Å². The van der Waals surface area contributed by atoms with E-state index >= 15 is 0 Å². The van der Waals surface area contributed by atoms with Gasteiger partial charge in [0.15, 0.2) is 0 Å². The number of halogens is 4. The third-order valence-corrected chi connectivity index (χ3v) is 4.52. The molecule has 0 atom stereocenters. The molecule has 12 heteroatoms. The number of hydrogen-bond acceptors (Lipinski definition) is 5. The van der Waals surface area contributed by atoms with Gasteiger partial charge < -0.3 is 16.0 Å². The Hall–Kier alpha value is -3.60. The zero-order valence-corrected chi connectivity index (χ0v) is 17.5. The summed E-state index contributed by atoms with van der Waals surface area (Å²) in [7, 11) is 0. The van der Waals surface area contributed by atoms with Crippen molar-refractivity contribution in [2.75, 3.05) is 23.7 Å². The number of carbonyl (C=O) groups excluding carboxylic acids is 2. The number of anilines is 2. The quantitative estimate of drug-likeness (QED) is 0.494. The van der Waals surface area contributed by atoms with Crippen LogP contribution >= 0.6 is 11.6 Å². The van der Waals surface area contributed by atoms with Crippen LogP contribution in [-0.4, -0.2) is 45.8 Å². The summed E-state index contributed by atoms with van der Waals surface area (Å²) in [6.07, 6.45) is -1.69. The zero-order chi connectivity index (χ0) is 23.3. The van der Waals surface area contributed by atoms with Crippen LogP contribution in [0.5, 0.6) is 0 Å². The van der Waals surface area contributed by atoms with Crippen LogP contribution < -0.4 is 16.0 Å². The number of benzene rings is 2. The average molecular weight is 467 g/mol. The molecule has 0 spiro atoms. The van der Waals surface area contributed by atoms with E-state index in [0.717, 1.165) is 0 Å². The molecule has 1 aromatic heterocycles. The number of rotatable bonds is 7. The molecule has 3 rings (SSSR count). The van der Waals surface area contributed by atoms with E-state index in [4.69, 9.17) is 11.6 Å². The molecule has 3 aromatic rings. The molecular weight excluding hydrogens is 449 g/mol. The van der Waals surface area contributed by atoms with Crippen LogP contribution in [0.4, 0.5) is 24.5 Å². The summed E-state index contributed by atoms with van der Waals surface area (Å²) < 4.78 is 38.4. The van der Waals surface area contributed by atoms with Gasteiger partial charge in [-0.3, -0.25) is 9.59 Å². The van der Waals surface area contributed by atoms with Crippen LogP contribution in [0.1, 0.15) is 15.9 Å². The molecule has 2 amide bonds. The van der Waals surface area contributed by atoms with E-state index in [1.54, 1.807) is 31.2 Å². The Morgan fingerprint density at radius 2 is 1.91 bits per heavy atom. The van der Waals surface area contributed by atoms with Gasteiger partial charge in [0.1, 0.15) is 19.2 Å². The van der Waals surface area contributed by atoms with E-state index in [9.17, 15) is 22.8 Å². The summed E-state index contributed by atoms with van der Waals surface area (Å²) >= 11 is 6.04. The predicted octanol–water partition coefficient (Wildman–Crippen LogP) is 3.57. The van der Waals surface area contributed by atoms with Crippen LogP contribution in [0, 0.1) is 6.92 Å². The summed E-state index contributed by atoms with van der Waals surface area (Å²) in [6.45, 7) is 0.133. The van der Waals surface area contributed by atoms with E-state index in [1.165, 1.54) is 29.5 Å². The molecule has 1 heterocycles. The number of alkyl halides is 3. The number of nitrogens with zero attached hydrogens (tertiary/aromatic N) is 3. The monoisotopic (exact) mass is 466 g/mol. The van der Waals surface area contributed by atoms with Crippen LogP contribution in [-0.2, 0) is 4.79 Å². The Morgan fingerprint density at radius 3 is 2.59 bits per heavy atom. The van der Waals surface area contributed by atoms with Crippen molar-refractivity contribution in [1.29, 1.82) is 0 Å². The Balaban J connectivity index is 1.67. The summed E-state index contributed by atoms with van der Waals surface area (Å²) in [6, 6.07) is 9.24. The van der Waals surface area contributed by atoms with Crippen molar-refractivity contribution in [2.45, 2.75) is 13.1 Å². The van der Waals surface area contributed by atoms with Crippen molar-refractivity contribution in [3.05, 3.63) is 65.2 Å².